The lowest BCUT2D eigenvalue weighted by molar-refractivity contribution is -0.137. The average molecular weight is 391 g/mol. The number of aliphatic carboxylic acids is 2. The van der Waals surface area contributed by atoms with Crippen molar-refractivity contribution in [2.75, 3.05) is 18.4 Å². The van der Waals surface area contributed by atoms with E-state index in [4.69, 9.17) is 5.11 Å². The fraction of sp³-hybridized carbons (Fsp3) is 0.474. The average Bonchev–Trinajstić information content (AvgIpc) is 3.18. The molecular weight excluding hydrogens is 366 g/mol. The lowest BCUT2D eigenvalue weighted by Crippen LogP contribution is -2.29. The Bertz CT molecular complexity index is 829. The van der Waals surface area contributed by atoms with E-state index in [2.05, 4.69) is 17.2 Å². The molecule has 27 heavy (non-hydrogen) atoms. The van der Waals surface area contributed by atoms with Gasteiger partial charge in [0.1, 0.15) is 13.1 Å². The third-order valence-electron chi connectivity index (χ3n) is 4.82. The van der Waals surface area contributed by atoms with Crippen molar-refractivity contribution in [2.24, 2.45) is 0 Å². The second-order valence-corrected chi connectivity index (χ2v) is 8.93. The molecule has 1 aromatic heterocycles. The number of carbonyl (C=O) groups is 2. The van der Waals surface area contributed by atoms with Gasteiger partial charge in [0.05, 0.1) is 0 Å². The van der Waals surface area contributed by atoms with Gasteiger partial charge in [-0.25, -0.2) is 4.31 Å². The summed E-state index contributed by atoms with van der Waals surface area (Å²) >= 11 is 1.65. The van der Waals surface area contributed by atoms with Gasteiger partial charge in [-0.1, -0.05) is 30.9 Å². The minimum absolute atomic E-state index is 0.0280. The highest BCUT2D eigenvalue weighted by Crippen LogP contribution is 2.43. The molecule has 1 saturated carbocycles. The quantitative estimate of drug-likeness (QED) is 0.485. The van der Waals surface area contributed by atoms with Crippen LogP contribution in [0.15, 0.2) is 24.3 Å². The predicted octanol–water partition coefficient (Wildman–Crippen LogP) is 3.53. The van der Waals surface area contributed by atoms with Gasteiger partial charge < -0.3 is 20.5 Å². The highest BCUT2D eigenvalue weighted by molar-refractivity contribution is 7.98. The van der Waals surface area contributed by atoms with Gasteiger partial charge in [-0.15, -0.1) is 0 Å². The van der Waals surface area contributed by atoms with Crippen molar-refractivity contribution >= 4 is 40.5 Å². The highest BCUT2D eigenvalue weighted by atomic mass is 32.2. The first-order chi connectivity index (χ1) is 12.8. The molecule has 3 rings (SSSR count). The van der Waals surface area contributed by atoms with Gasteiger partial charge in [0.2, 0.25) is 0 Å². The van der Waals surface area contributed by atoms with Crippen molar-refractivity contribution in [3.05, 3.63) is 30.0 Å². The number of anilines is 1. The molecule has 0 bridgehead atoms. The molecule has 4 N–H and O–H groups in total. The van der Waals surface area contributed by atoms with Gasteiger partial charge >= 0.3 is 11.9 Å². The third kappa shape index (κ3) is 5.17. The number of aromatic amines is 1. The number of hydrogen-bond donors (Lipinski definition) is 4. The number of benzene rings is 1. The van der Waals surface area contributed by atoms with Crippen LogP contribution in [0.1, 0.15) is 38.3 Å². The number of rotatable bonds is 9. The molecule has 0 amide bonds. The zero-order valence-corrected chi connectivity index (χ0v) is 16.1. The van der Waals surface area contributed by atoms with E-state index < -0.39 is 11.9 Å². The Hall–Kier alpha value is -2.19. The summed E-state index contributed by atoms with van der Waals surface area (Å²) in [4.78, 5) is 25.5. The van der Waals surface area contributed by atoms with E-state index in [-0.39, 0.29) is 17.8 Å². The van der Waals surface area contributed by atoms with E-state index in [1.165, 1.54) is 12.8 Å². The molecule has 1 heterocycles. The van der Waals surface area contributed by atoms with Crippen LogP contribution in [-0.2, 0) is 16.1 Å². The first-order valence-corrected chi connectivity index (χ1v) is 9.84. The standard InChI is InChI=1S/C19H25N3O4S/c1-19(7-2-3-8-19)27-22(12-18(25)26)11-13-9-14-15(20-10-17(23)24)5-4-6-16(14)21-13/h4-6,9,20-21H,2-3,7-8,10-12H2,1H3,(H,23,24)(H,25,26). The van der Waals surface area contributed by atoms with Gasteiger partial charge in [-0.2, -0.15) is 0 Å². The minimum Gasteiger partial charge on any atom is -0.480 e. The maximum absolute atomic E-state index is 11.3. The molecule has 0 spiro atoms. The zero-order valence-electron chi connectivity index (χ0n) is 15.3. The Kier molecular flexibility index (Phi) is 5.96. The number of nitrogens with zero attached hydrogens (tertiary/aromatic N) is 1. The molecule has 8 heteroatoms. The summed E-state index contributed by atoms with van der Waals surface area (Å²) in [6, 6.07) is 7.59. The fourth-order valence-electron chi connectivity index (χ4n) is 3.61. The van der Waals surface area contributed by atoms with E-state index >= 15 is 0 Å². The monoisotopic (exact) mass is 391 g/mol. The molecule has 0 radical (unpaired) electrons. The van der Waals surface area contributed by atoms with Crippen LogP contribution in [0.3, 0.4) is 0 Å². The van der Waals surface area contributed by atoms with Crippen LogP contribution in [0.5, 0.6) is 0 Å². The summed E-state index contributed by atoms with van der Waals surface area (Å²) in [5.41, 5.74) is 2.55. The molecule has 1 aliphatic carbocycles. The van der Waals surface area contributed by atoms with Gasteiger partial charge in [-0.3, -0.25) is 9.59 Å². The molecule has 1 aromatic carbocycles. The summed E-state index contributed by atoms with van der Waals surface area (Å²) in [6.07, 6.45) is 4.58. The number of aromatic nitrogens is 1. The maximum atomic E-state index is 11.3. The van der Waals surface area contributed by atoms with Crippen LogP contribution in [0.2, 0.25) is 0 Å². The number of carboxylic acid groups (broad SMARTS) is 2. The van der Waals surface area contributed by atoms with Crippen LogP contribution in [0.4, 0.5) is 5.69 Å². The Balaban J connectivity index is 1.78. The third-order valence-corrected chi connectivity index (χ3v) is 6.18. The largest absolute Gasteiger partial charge is 0.480 e. The number of H-pyrrole nitrogens is 1. The first kappa shape index (κ1) is 19.6. The van der Waals surface area contributed by atoms with E-state index in [1.54, 1.807) is 11.9 Å². The Labute approximate surface area is 162 Å². The Morgan fingerprint density at radius 3 is 2.67 bits per heavy atom. The second-order valence-electron chi connectivity index (χ2n) is 7.25. The van der Waals surface area contributed by atoms with Crippen LogP contribution in [0, 0.1) is 0 Å². The zero-order chi connectivity index (χ0) is 19.4. The van der Waals surface area contributed by atoms with Crippen LogP contribution < -0.4 is 5.32 Å². The number of nitrogens with one attached hydrogen (secondary N) is 2. The van der Waals surface area contributed by atoms with Crippen molar-refractivity contribution < 1.29 is 19.8 Å². The molecule has 146 valence electrons. The SMILES string of the molecule is CC1(SN(CC(=O)O)Cc2cc3c(NCC(=O)O)cccc3[nH]2)CCCC1. The minimum atomic E-state index is -0.920. The highest BCUT2D eigenvalue weighted by Gasteiger charge is 2.32. The van der Waals surface area contributed by atoms with Gasteiger partial charge in [0, 0.05) is 33.6 Å². The van der Waals surface area contributed by atoms with Crippen molar-refractivity contribution in [3.8, 4) is 0 Å². The van der Waals surface area contributed by atoms with Gasteiger partial charge in [0.15, 0.2) is 0 Å². The van der Waals surface area contributed by atoms with Crippen molar-refractivity contribution in [1.82, 2.24) is 9.29 Å². The lowest BCUT2D eigenvalue weighted by Gasteiger charge is -2.30. The number of carboxylic acids is 2. The van der Waals surface area contributed by atoms with Crippen LogP contribution >= 0.6 is 11.9 Å². The van der Waals surface area contributed by atoms with Crippen molar-refractivity contribution in [2.45, 2.75) is 43.9 Å². The number of hydrogen-bond acceptors (Lipinski definition) is 5. The second kappa shape index (κ2) is 8.22. The lowest BCUT2D eigenvalue weighted by atomic mass is 10.1. The summed E-state index contributed by atoms with van der Waals surface area (Å²) in [6.45, 7) is 2.51. The summed E-state index contributed by atoms with van der Waals surface area (Å²) in [5.74, 6) is -1.76. The van der Waals surface area contributed by atoms with E-state index in [1.807, 2.05) is 28.6 Å². The molecule has 0 aliphatic heterocycles. The van der Waals surface area contributed by atoms with Crippen molar-refractivity contribution in [1.29, 1.82) is 0 Å². The molecule has 1 fully saturated rings. The summed E-state index contributed by atoms with van der Waals surface area (Å²) < 4.78 is 2.00. The fourth-order valence-corrected chi connectivity index (χ4v) is 5.08. The molecular formula is C19H25N3O4S. The number of fused-ring (bicyclic) bond motifs is 1. The van der Waals surface area contributed by atoms with Crippen LogP contribution in [0.25, 0.3) is 10.9 Å². The Morgan fingerprint density at radius 1 is 1.26 bits per heavy atom. The summed E-state index contributed by atoms with van der Waals surface area (Å²) in [5, 5.41) is 22.0. The van der Waals surface area contributed by atoms with Gasteiger partial charge in [-0.05, 0) is 38.0 Å². The molecule has 0 atom stereocenters. The van der Waals surface area contributed by atoms with E-state index in [0.717, 1.165) is 35.1 Å². The molecule has 1 aliphatic rings. The Morgan fingerprint density at radius 2 is 2.00 bits per heavy atom. The predicted molar refractivity (Wildman–Crippen MR) is 107 cm³/mol. The van der Waals surface area contributed by atoms with E-state index in [0.29, 0.717) is 6.54 Å². The first-order valence-electron chi connectivity index (χ1n) is 9.07. The van der Waals surface area contributed by atoms with Gasteiger partial charge in [0.25, 0.3) is 0 Å². The smallest absolute Gasteiger partial charge is 0.322 e. The maximum Gasteiger partial charge on any atom is 0.322 e. The van der Waals surface area contributed by atoms with E-state index in [9.17, 15) is 14.7 Å². The molecule has 0 saturated heterocycles. The molecule has 2 aromatic rings. The topological polar surface area (TPSA) is 106 Å². The van der Waals surface area contributed by atoms with Crippen LogP contribution in [-0.4, -0.2) is 49.3 Å². The molecule has 7 nitrogen and oxygen atoms in total. The summed E-state index contributed by atoms with van der Waals surface area (Å²) in [7, 11) is 0. The molecule has 0 unspecified atom stereocenters. The van der Waals surface area contributed by atoms with Crippen molar-refractivity contribution in [3.63, 3.8) is 0 Å². The normalized spacial score (nSPS) is 16.1.